The molecule has 1 aromatic carbocycles. The number of pyridine rings is 1. The summed E-state index contributed by atoms with van der Waals surface area (Å²) in [4.78, 5) is 14.0. The quantitative estimate of drug-likeness (QED) is 0.553. The Morgan fingerprint density at radius 3 is 2.79 bits per heavy atom. The summed E-state index contributed by atoms with van der Waals surface area (Å²) in [6.45, 7) is 0. The Labute approximate surface area is 107 Å². The van der Waals surface area contributed by atoms with Crippen molar-refractivity contribution >= 4 is 28.2 Å². The summed E-state index contributed by atoms with van der Waals surface area (Å²) < 4.78 is 0. The third-order valence-corrected chi connectivity index (χ3v) is 2.68. The molecule has 3 rings (SSSR count). The highest BCUT2D eigenvalue weighted by atomic mass is 16.6. The monoisotopic (exact) mass is 255 g/mol. The van der Waals surface area contributed by atoms with Crippen LogP contribution < -0.4 is 5.32 Å². The van der Waals surface area contributed by atoms with Crippen LogP contribution in [0.1, 0.15) is 0 Å². The van der Waals surface area contributed by atoms with Crippen LogP contribution in [0.4, 0.5) is 17.3 Å². The molecular weight excluding hydrogens is 246 g/mol. The van der Waals surface area contributed by atoms with Gasteiger partial charge in [-0.2, -0.15) is 5.10 Å². The summed E-state index contributed by atoms with van der Waals surface area (Å²) in [5, 5.41) is 21.5. The van der Waals surface area contributed by atoms with Crippen LogP contribution in [0.2, 0.25) is 0 Å². The summed E-state index contributed by atoms with van der Waals surface area (Å²) in [6, 6.07) is 10.6. The van der Waals surface area contributed by atoms with E-state index >= 15 is 0 Å². The van der Waals surface area contributed by atoms with E-state index in [1.807, 2.05) is 24.3 Å². The number of para-hydroxylation sites is 1. The zero-order chi connectivity index (χ0) is 13.2. The van der Waals surface area contributed by atoms with Crippen LogP contribution in [-0.2, 0) is 0 Å². The van der Waals surface area contributed by atoms with Gasteiger partial charge in [-0.15, -0.1) is 0 Å². The maximum absolute atomic E-state index is 10.5. The van der Waals surface area contributed by atoms with E-state index in [1.54, 1.807) is 6.07 Å². The lowest BCUT2D eigenvalue weighted by molar-refractivity contribution is -0.385. The highest BCUT2D eigenvalue weighted by molar-refractivity contribution is 5.90. The van der Waals surface area contributed by atoms with Crippen LogP contribution in [0.15, 0.2) is 42.6 Å². The third kappa shape index (κ3) is 2.08. The fourth-order valence-electron chi connectivity index (χ4n) is 1.75. The molecule has 0 aliphatic rings. The first-order valence-electron chi connectivity index (χ1n) is 5.54. The molecule has 7 nitrogen and oxygen atoms in total. The number of anilines is 2. The molecule has 0 amide bonds. The van der Waals surface area contributed by atoms with Gasteiger partial charge in [0.25, 0.3) is 5.69 Å². The normalized spacial score (nSPS) is 10.5. The largest absolute Gasteiger partial charge is 0.323 e. The molecule has 3 aromatic rings. The number of rotatable bonds is 3. The fraction of sp³-hybridized carbons (Fsp3) is 0. The molecule has 0 saturated carbocycles. The van der Waals surface area contributed by atoms with Crippen LogP contribution in [0.5, 0.6) is 0 Å². The minimum Gasteiger partial charge on any atom is -0.323 e. The van der Waals surface area contributed by atoms with Crippen molar-refractivity contribution in [3.63, 3.8) is 0 Å². The predicted molar refractivity (Wildman–Crippen MR) is 70.3 cm³/mol. The lowest BCUT2D eigenvalue weighted by Crippen LogP contribution is -1.95. The minimum atomic E-state index is -0.485. The molecule has 19 heavy (non-hydrogen) atoms. The third-order valence-electron chi connectivity index (χ3n) is 2.68. The second-order valence-electron chi connectivity index (χ2n) is 3.90. The summed E-state index contributed by atoms with van der Waals surface area (Å²) in [6.07, 6.45) is 1.21. The fourth-order valence-corrected chi connectivity index (χ4v) is 1.75. The van der Waals surface area contributed by atoms with Gasteiger partial charge in [0.1, 0.15) is 12.0 Å². The lowest BCUT2D eigenvalue weighted by Gasteiger charge is -2.01. The molecular formula is C12H9N5O2. The van der Waals surface area contributed by atoms with Crippen molar-refractivity contribution in [1.29, 1.82) is 0 Å². The van der Waals surface area contributed by atoms with Crippen LogP contribution in [-0.4, -0.2) is 20.1 Å². The van der Waals surface area contributed by atoms with E-state index < -0.39 is 4.92 Å². The van der Waals surface area contributed by atoms with Crippen molar-refractivity contribution < 1.29 is 4.92 Å². The highest BCUT2D eigenvalue weighted by Crippen LogP contribution is 2.23. The van der Waals surface area contributed by atoms with Crippen molar-refractivity contribution in [1.82, 2.24) is 15.2 Å². The average molecular weight is 255 g/mol. The van der Waals surface area contributed by atoms with Gasteiger partial charge in [-0.1, -0.05) is 12.1 Å². The number of fused-ring (bicyclic) bond motifs is 1. The van der Waals surface area contributed by atoms with Crippen LogP contribution in [0.25, 0.3) is 10.9 Å². The van der Waals surface area contributed by atoms with E-state index in [0.29, 0.717) is 11.6 Å². The lowest BCUT2D eigenvalue weighted by atomic mass is 10.2. The van der Waals surface area contributed by atoms with Gasteiger partial charge in [-0.25, -0.2) is 4.98 Å². The standard InChI is InChI=1S/C12H9N5O2/c18-17(19)8-5-6-11(13-7-8)14-12-9-3-1-2-4-10(9)15-16-12/h1-7H,(H2,13,14,15,16). The Bertz CT molecular complexity index is 735. The van der Waals surface area contributed by atoms with Gasteiger partial charge in [0.15, 0.2) is 5.82 Å². The number of hydrogen-bond acceptors (Lipinski definition) is 5. The molecule has 0 bridgehead atoms. The van der Waals surface area contributed by atoms with Gasteiger partial charge in [-0.3, -0.25) is 15.2 Å². The zero-order valence-corrected chi connectivity index (χ0v) is 9.70. The van der Waals surface area contributed by atoms with Crippen molar-refractivity contribution in [2.45, 2.75) is 0 Å². The molecule has 0 fully saturated rings. The van der Waals surface area contributed by atoms with E-state index in [4.69, 9.17) is 0 Å². The average Bonchev–Trinajstić information content (AvgIpc) is 2.83. The number of H-pyrrole nitrogens is 1. The topological polar surface area (TPSA) is 96.7 Å². The maximum atomic E-state index is 10.5. The first kappa shape index (κ1) is 11.1. The van der Waals surface area contributed by atoms with Crippen LogP contribution >= 0.6 is 0 Å². The first-order valence-corrected chi connectivity index (χ1v) is 5.54. The van der Waals surface area contributed by atoms with Crippen LogP contribution in [0.3, 0.4) is 0 Å². The second-order valence-corrected chi connectivity index (χ2v) is 3.90. The van der Waals surface area contributed by atoms with Gasteiger partial charge in [0.2, 0.25) is 0 Å². The van der Waals surface area contributed by atoms with Crippen molar-refractivity contribution in [3.05, 3.63) is 52.7 Å². The molecule has 0 atom stereocenters. The number of aromatic nitrogens is 3. The maximum Gasteiger partial charge on any atom is 0.287 e. The smallest absolute Gasteiger partial charge is 0.287 e. The molecule has 0 radical (unpaired) electrons. The molecule has 0 spiro atoms. The number of aromatic amines is 1. The molecule has 2 N–H and O–H groups in total. The molecule has 2 heterocycles. The molecule has 0 saturated heterocycles. The molecule has 94 valence electrons. The van der Waals surface area contributed by atoms with Gasteiger partial charge >= 0.3 is 0 Å². The Hall–Kier alpha value is -2.96. The van der Waals surface area contributed by atoms with Crippen molar-refractivity contribution in [2.24, 2.45) is 0 Å². The van der Waals surface area contributed by atoms with Gasteiger partial charge in [0, 0.05) is 11.5 Å². The number of nitrogens with one attached hydrogen (secondary N) is 2. The Balaban J connectivity index is 1.90. The number of nitrogens with zero attached hydrogens (tertiary/aromatic N) is 3. The zero-order valence-electron chi connectivity index (χ0n) is 9.70. The van der Waals surface area contributed by atoms with E-state index in [0.717, 1.165) is 10.9 Å². The summed E-state index contributed by atoms with van der Waals surface area (Å²) in [5.74, 6) is 1.14. The molecule has 7 heteroatoms. The van der Waals surface area contributed by atoms with Gasteiger partial charge in [-0.05, 0) is 18.2 Å². The Morgan fingerprint density at radius 1 is 1.21 bits per heavy atom. The summed E-state index contributed by atoms with van der Waals surface area (Å²) >= 11 is 0. The number of benzene rings is 1. The molecule has 2 aromatic heterocycles. The predicted octanol–water partition coefficient (Wildman–Crippen LogP) is 2.61. The Kier molecular flexibility index (Phi) is 2.57. The summed E-state index contributed by atoms with van der Waals surface area (Å²) in [7, 11) is 0. The van der Waals surface area contributed by atoms with Crippen molar-refractivity contribution in [2.75, 3.05) is 5.32 Å². The van der Waals surface area contributed by atoms with E-state index in [2.05, 4.69) is 20.5 Å². The van der Waals surface area contributed by atoms with Crippen LogP contribution in [0, 0.1) is 10.1 Å². The molecule has 0 aliphatic heterocycles. The second kappa shape index (κ2) is 4.37. The van der Waals surface area contributed by atoms with Gasteiger partial charge in [0.05, 0.1) is 10.4 Å². The number of nitro groups is 1. The summed E-state index contributed by atoms with van der Waals surface area (Å²) in [5.41, 5.74) is 0.865. The van der Waals surface area contributed by atoms with E-state index in [9.17, 15) is 10.1 Å². The number of hydrogen-bond donors (Lipinski definition) is 2. The Morgan fingerprint density at radius 2 is 2.05 bits per heavy atom. The highest BCUT2D eigenvalue weighted by Gasteiger charge is 2.08. The minimum absolute atomic E-state index is 0.0440. The van der Waals surface area contributed by atoms with Gasteiger partial charge < -0.3 is 5.32 Å². The van der Waals surface area contributed by atoms with Crippen molar-refractivity contribution in [3.8, 4) is 0 Å². The van der Waals surface area contributed by atoms with E-state index in [-0.39, 0.29) is 5.69 Å². The SMILES string of the molecule is O=[N+]([O-])c1ccc(Nc2n[nH]c3ccccc23)nc1. The molecule has 0 unspecified atom stereocenters. The first-order chi connectivity index (χ1) is 9.24. The molecule has 0 aliphatic carbocycles. The van der Waals surface area contributed by atoms with E-state index in [1.165, 1.54) is 12.3 Å².